The summed E-state index contributed by atoms with van der Waals surface area (Å²) in [5.74, 6) is 0.699. The number of aromatic nitrogens is 4. The van der Waals surface area contributed by atoms with Gasteiger partial charge in [0.1, 0.15) is 12.0 Å². The molecule has 0 aromatic carbocycles. The molecule has 1 amide bonds. The lowest BCUT2D eigenvalue weighted by Crippen LogP contribution is -2.24. The second kappa shape index (κ2) is 6.40. The van der Waals surface area contributed by atoms with Crippen LogP contribution in [0.15, 0.2) is 43.0 Å². The summed E-state index contributed by atoms with van der Waals surface area (Å²) < 4.78 is 15.1. The van der Waals surface area contributed by atoms with E-state index in [1.165, 1.54) is 0 Å². The van der Waals surface area contributed by atoms with Crippen LogP contribution in [0, 0.1) is 6.92 Å². The highest BCUT2D eigenvalue weighted by molar-refractivity contribution is 6.09. The second-order valence-electron chi connectivity index (χ2n) is 7.19. The van der Waals surface area contributed by atoms with Crippen LogP contribution in [0.2, 0.25) is 0 Å². The molecule has 0 bridgehead atoms. The molecule has 7 nitrogen and oxygen atoms in total. The average molecular weight is 378 g/mol. The Morgan fingerprint density at radius 2 is 2.11 bits per heavy atom. The van der Waals surface area contributed by atoms with E-state index in [2.05, 4.69) is 15.1 Å². The largest absolute Gasteiger partial charge is 0.354 e. The molecule has 0 spiro atoms. The van der Waals surface area contributed by atoms with Crippen LogP contribution in [-0.4, -0.2) is 44.9 Å². The van der Waals surface area contributed by atoms with E-state index >= 15 is 0 Å². The summed E-state index contributed by atoms with van der Waals surface area (Å²) in [5.41, 5.74) is 3.91. The molecule has 5 heterocycles. The van der Waals surface area contributed by atoms with Crippen LogP contribution in [0.5, 0.6) is 0 Å². The molecular weight excluding hydrogens is 359 g/mol. The quantitative estimate of drug-likeness (QED) is 0.701. The number of amides is 1. The van der Waals surface area contributed by atoms with Crippen molar-refractivity contribution in [2.24, 2.45) is 0 Å². The topological polar surface area (TPSA) is 67.2 Å². The highest BCUT2D eigenvalue weighted by Gasteiger charge is 2.32. The van der Waals surface area contributed by atoms with Gasteiger partial charge in [0.25, 0.3) is 5.91 Å². The maximum absolute atomic E-state index is 13.4. The molecule has 3 aromatic rings. The molecular formula is C20H19FN6O. The summed E-state index contributed by atoms with van der Waals surface area (Å²) in [6.45, 7) is 3.44. The number of hydrogen-bond acceptors (Lipinski definition) is 5. The molecule has 3 aromatic heterocycles. The Kier molecular flexibility index (Phi) is 3.85. The lowest BCUT2D eigenvalue weighted by atomic mass is 10.2. The van der Waals surface area contributed by atoms with Crippen molar-refractivity contribution in [3.63, 3.8) is 0 Å². The number of carbonyl (C=O) groups is 1. The van der Waals surface area contributed by atoms with Gasteiger partial charge in [0.05, 0.1) is 41.9 Å². The van der Waals surface area contributed by atoms with Gasteiger partial charge in [-0.2, -0.15) is 5.10 Å². The standard InChI is InChI=1S/C20H19FN6O/c1-13-8-22-6-4-18(13)26-12-17-16(20(26)28)11-27(24-17)15-2-3-19(23-9-15)25-7-5-14(21)10-25/h2-4,6,8-9,11,14H,5,7,10,12H2,1H3/t14-/m1/s1. The Labute approximate surface area is 161 Å². The van der Waals surface area contributed by atoms with Gasteiger partial charge in [-0.05, 0) is 37.1 Å². The molecule has 0 radical (unpaired) electrons. The van der Waals surface area contributed by atoms with Crippen molar-refractivity contribution in [1.29, 1.82) is 0 Å². The van der Waals surface area contributed by atoms with Gasteiger partial charge in [-0.1, -0.05) is 0 Å². The minimum atomic E-state index is -0.784. The Balaban J connectivity index is 1.38. The van der Waals surface area contributed by atoms with Gasteiger partial charge in [0.15, 0.2) is 0 Å². The molecule has 1 saturated heterocycles. The molecule has 0 unspecified atom stereocenters. The Morgan fingerprint density at radius 3 is 2.79 bits per heavy atom. The fourth-order valence-corrected chi connectivity index (χ4v) is 3.79. The zero-order valence-corrected chi connectivity index (χ0v) is 15.4. The first-order chi connectivity index (χ1) is 13.6. The number of hydrogen-bond donors (Lipinski definition) is 0. The second-order valence-corrected chi connectivity index (χ2v) is 7.19. The van der Waals surface area contributed by atoms with E-state index in [0.29, 0.717) is 31.6 Å². The van der Waals surface area contributed by atoms with Crippen molar-refractivity contribution in [3.8, 4) is 5.69 Å². The molecule has 1 atom stereocenters. The van der Waals surface area contributed by atoms with E-state index in [9.17, 15) is 9.18 Å². The van der Waals surface area contributed by atoms with Crippen molar-refractivity contribution >= 4 is 17.4 Å². The zero-order chi connectivity index (χ0) is 19.3. The number of anilines is 2. The fourth-order valence-electron chi connectivity index (χ4n) is 3.79. The number of nitrogens with zero attached hydrogens (tertiary/aromatic N) is 6. The molecule has 1 fully saturated rings. The SMILES string of the molecule is Cc1cnccc1N1Cc2nn(-c3ccc(N4CC[C@@H](F)C4)nc3)cc2C1=O. The van der Waals surface area contributed by atoms with Crippen LogP contribution in [0.4, 0.5) is 15.9 Å². The number of carbonyl (C=O) groups excluding carboxylic acids is 1. The molecule has 28 heavy (non-hydrogen) atoms. The normalized spacial score (nSPS) is 18.8. The van der Waals surface area contributed by atoms with E-state index in [0.717, 1.165) is 28.5 Å². The van der Waals surface area contributed by atoms with Crippen LogP contribution in [0.1, 0.15) is 28.0 Å². The molecule has 0 saturated carbocycles. The molecule has 2 aliphatic rings. The van der Waals surface area contributed by atoms with Gasteiger partial charge in [-0.15, -0.1) is 0 Å². The maximum atomic E-state index is 13.4. The summed E-state index contributed by atoms with van der Waals surface area (Å²) in [7, 11) is 0. The minimum absolute atomic E-state index is 0.0637. The number of pyridine rings is 2. The van der Waals surface area contributed by atoms with Gasteiger partial charge in [0.2, 0.25) is 0 Å². The van der Waals surface area contributed by atoms with Crippen molar-refractivity contribution in [2.75, 3.05) is 22.9 Å². The van der Waals surface area contributed by atoms with E-state index in [1.54, 1.807) is 34.4 Å². The maximum Gasteiger partial charge on any atom is 0.262 e. The molecule has 2 aliphatic heterocycles. The van der Waals surface area contributed by atoms with Crippen molar-refractivity contribution < 1.29 is 9.18 Å². The summed E-state index contributed by atoms with van der Waals surface area (Å²) in [6, 6.07) is 5.61. The first kappa shape index (κ1) is 16.9. The zero-order valence-electron chi connectivity index (χ0n) is 15.4. The smallest absolute Gasteiger partial charge is 0.262 e. The number of aryl methyl sites for hydroxylation is 1. The van der Waals surface area contributed by atoms with Gasteiger partial charge < -0.3 is 9.80 Å². The summed E-state index contributed by atoms with van der Waals surface area (Å²) in [6.07, 6.45) is 6.65. The van der Waals surface area contributed by atoms with Crippen LogP contribution < -0.4 is 9.80 Å². The fraction of sp³-hybridized carbons (Fsp3) is 0.300. The Bertz CT molecular complexity index is 1050. The van der Waals surface area contributed by atoms with Crippen LogP contribution in [-0.2, 0) is 6.54 Å². The molecule has 142 valence electrons. The predicted octanol–water partition coefficient (Wildman–Crippen LogP) is 2.68. The summed E-state index contributed by atoms with van der Waals surface area (Å²) in [4.78, 5) is 25.0. The highest BCUT2D eigenvalue weighted by Crippen LogP contribution is 2.30. The van der Waals surface area contributed by atoms with Gasteiger partial charge in [-0.3, -0.25) is 9.78 Å². The molecule has 0 N–H and O–H groups in total. The van der Waals surface area contributed by atoms with Gasteiger partial charge in [-0.25, -0.2) is 14.1 Å². The third-order valence-electron chi connectivity index (χ3n) is 5.31. The van der Waals surface area contributed by atoms with E-state index < -0.39 is 6.17 Å². The van der Waals surface area contributed by atoms with Crippen molar-refractivity contribution in [3.05, 3.63) is 59.8 Å². The van der Waals surface area contributed by atoms with E-state index in [1.807, 2.05) is 30.0 Å². The molecule has 0 aliphatic carbocycles. The van der Waals surface area contributed by atoms with Gasteiger partial charge in [0, 0.05) is 25.1 Å². The average Bonchev–Trinajstić information content (AvgIpc) is 3.39. The number of halogens is 1. The third-order valence-corrected chi connectivity index (χ3v) is 5.31. The van der Waals surface area contributed by atoms with Crippen molar-refractivity contribution in [2.45, 2.75) is 26.1 Å². The minimum Gasteiger partial charge on any atom is -0.354 e. The predicted molar refractivity (Wildman–Crippen MR) is 103 cm³/mol. The first-order valence-corrected chi connectivity index (χ1v) is 9.26. The van der Waals surface area contributed by atoms with E-state index in [-0.39, 0.29) is 5.91 Å². The lowest BCUT2D eigenvalue weighted by molar-refractivity contribution is 0.0996. The molecule has 5 rings (SSSR count). The summed E-state index contributed by atoms with van der Waals surface area (Å²) in [5, 5.41) is 4.58. The Hall–Kier alpha value is -3.29. The van der Waals surface area contributed by atoms with Crippen LogP contribution >= 0.6 is 0 Å². The third kappa shape index (κ3) is 2.72. The monoisotopic (exact) mass is 378 g/mol. The lowest BCUT2D eigenvalue weighted by Gasteiger charge is -2.18. The number of rotatable bonds is 3. The number of fused-ring (bicyclic) bond motifs is 1. The molecule has 8 heteroatoms. The first-order valence-electron chi connectivity index (χ1n) is 9.26. The van der Waals surface area contributed by atoms with Gasteiger partial charge >= 0.3 is 0 Å². The van der Waals surface area contributed by atoms with Crippen LogP contribution in [0.3, 0.4) is 0 Å². The highest BCUT2D eigenvalue weighted by atomic mass is 19.1. The Morgan fingerprint density at radius 1 is 1.21 bits per heavy atom. The van der Waals surface area contributed by atoms with E-state index in [4.69, 9.17) is 0 Å². The van der Waals surface area contributed by atoms with Crippen LogP contribution in [0.25, 0.3) is 5.69 Å². The number of alkyl halides is 1. The van der Waals surface area contributed by atoms with Crippen molar-refractivity contribution in [1.82, 2.24) is 19.7 Å². The summed E-state index contributed by atoms with van der Waals surface area (Å²) >= 11 is 0.